The number of carbonyl (C=O) groups is 2. The van der Waals surface area contributed by atoms with Crippen LogP contribution in [0.5, 0.6) is 0 Å². The molecular formula is C14H17FN2O2. The van der Waals surface area contributed by atoms with Gasteiger partial charge in [0.2, 0.25) is 5.91 Å². The third kappa shape index (κ3) is 3.30. The Morgan fingerprint density at radius 1 is 1.37 bits per heavy atom. The number of nitrogens with zero attached hydrogens (tertiary/aromatic N) is 1. The van der Waals surface area contributed by atoms with Gasteiger partial charge in [0, 0.05) is 31.1 Å². The van der Waals surface area contributed by atoms with E-state index in [0.717, 1.165) is 6.42 Å². The summed E-state index contributed by atoms with van der Waals surface area (Å²) in [6.45, 7) is 2.93. The van der Waals surface area contributed by atoms with E-state index in [9.17, 15) is 14.0 Å². The predicted octanol–water partition coefficient (Wildman–Crippen LogP) is 1.57. The molecule has 0 aliphatic carbocycles. The van der Waals surface area contributed by atoms with Crippen molar-refractivity contribution in [1.29, 1.82) is 0 Å². The fraction of sp³-hybridized carbons (Fsp3) is 0.429. The van der Waals surface area contributed by atoms with Gasteiger partial charge in [0.15, 0.2) is 0 Å². The highest BCUT2D eigenvalue weighted by molar-refractivity contribution is 5.94. The molecule has 2 amide bonds. The number of likely N-dealkylation sites (tertiary alicyclic amines) is 1. The van der Waals surface area contributed by atoms with E-state index in [-0.39, 0.29) is 23.7 Å². The normalized spacial score (nSPS) is 18.4. The Balaban J connectivity index is 1.95. The minimum Gasteiger partial charge on any atom is -0.352 e. The summed E-state index contributed by atoms with van der Waals surface area (Å²) in [5.74, 6) is -0.472. The van der Waals surface area contributed by atoms with E-state index in [1.54, 1.807) is 11.8 Å². The van der Waals surface area contributed by atoms with Crippen molar-refractivity contribution in [3.63, 3.8) is 0 Å². The van der Waals surface area contributed by atoms with Gasteiger partial charge in [0.25, 0.3) is 5.91 Å². The first-order valence-corrected chi connectivity index (χ1v) is 6.44. The highest BCUT2D eigenvalue weighted by Crippen LogP contribution is 2.14. The molecule has 102 valence electrons. The monoisotopic (exact) mass is 264 g/mol. The standard InChI is InChI=1S/C14H17FN2O2/c1-2-13(18)16-12-7-8-17(9-12)14(19)10-3-5-11(15)6-4-10/h3-6,12H,2,7-9H2,1H3,(H,16,18)/t12-/m1/s1. The Labute approximate surface area is 111 Å². The number of benzene rings is 1. The summed E-state index contributed by atoms with van der Waals surface area (Å²) >= 11 is 0. The topological polar surface area (TPSA) is 49.4 Å². The number of halogens is 1. The van der Waals surface area contributed by atoms with Crippen molar-refractivity contribution in [3.8, 4) is 0 Å². The van der Waals surface area contributed by atoms with Crippen LogP contribution in [0.2, 0.25) is 0 Å². The molecule has 1 fully saturated rings. The van der Waals surface area contributed by atoms with Crippen molar-refractivity contribution in [1.82, 2.24) is 10.2 Å². The minimum atomic E-state index is -0.356. The van der Waals surface area contributed by atoms with E-state index < -0.39 is 0 Å². The summed E-state index contributed by atoms with van der Waals surface area (Å²) in [5.41, 5.74) is 0.476. The fourth-order valence-corrected chi connectivity index (χ4v) is 2.17. The van der Waals surface area contributed by atoms with Gasteiger partial charge in [-0.15, -0.1) is 0 Å². The molecule has 1 N–H and O–H groups in total. The summed E-state index contributed by atoms with van der Waals surface area (Å²) in [7, 11) is 0. The van der Waals surface area contributed by atoms with Crippen molar-refractivity contribution in [3.05, 3.63) is 35.6 Å². The molecule has 1 aliphatic heterocycles. The third-order valence-corrected chi connectivity index (χ3v) is 3.25. The number of amides is 2. The van der Waals surface area contributed by atoms with Gasteiger partial charge in [0.1, 0.15) is 5.82 Å². The van der Waals surface area contributed by atoms with Crippen LogP contribution >= 0.6 is 0 Å². The van der Waals surface area contributed by atoms with Crippen LogP contribution in [0.15, 0.2) is 24.3 Å². The second kappa shape index (κ2) is 5.82. The number of nitrogens with one attached hydrogen (secondary N) is 1. The Bertz CT molecular complexity index is 473. The average molecular weight is 264 g/mol. The van der Waals surface area contributed by atoms with Crippen LogP contribution < -0.4 is 5.32 Å². The summed E-state index contributed by atoms with van der Waals surface area (Å²) in [4.78, 5) is 25.1. The number of carbonyl (C=O) groups excluding carboxylic acids is 2. The van der Waals surface area contributed by atoms with Gasteiger partial charge in [-0.05, 0) is 30.7 Å². The number of hydrogen-bond donors (Lipinski definition) is 1. The lowest BCUT2D eigenvalue weighted by atomic mass is 10.2. The molecule has 0 saturated carbocycles. The van der Waals surface area contributed by atoms with Gasteiger partial charge in [-0.3, -0.25) is 9.59 Å². The van der Waals surface area contributed by atoms with Gasteiger partial charge in [-0.25, -0.2) is 4.39 Å². The van der Waals surface area contributed by atoms with Gasteiger partial charge in [-0.1, -0.05) is 6.92 Å². The summed E-state index contributed by atoms with van der Waals surface area (Å²) in [5, 5.41) is 2.88. The first-order valence-electron chi connectivity index (χ1n) is 6.44. The SMILES string of the molecule is CCC(=O)N[C@@H]1CCN(C(=O)c2ccc(F)cc2)C1. The molecule has 1 saturated heterocycles. The minimum absolute atomic E-state index is 0.00100. The van der Waals surface area contributed by atoms with Crippen molar-refractivity contribution in [2.45, 2.75) is 25.8 Å². The Kier molecular flexibility index (Phi) is 4.14. The highest BCUT2D eigenvalue weighted by Gasteiger charge is 2.27. The fourth-order valence-electron chi connectivity index (χ4n) is 2.17. The van der Waals surface area contributed by atoms with Crippen LogP contribution in [-0.4, -0.2) is 35.8 Å². The predicted molar refractivity (Wildman–Crippen MR) is 69.1 cm³/mol. The zero-order chi connectivity index (χ0) is 13.8. The largest absolute Gasteiger partial charge is 0.352 e. The quantitative estimate of drug-likeness (QED) is 0.900. The van der Waals surface area contributed by atoms with Crippen LogP contribution in [-0.2, 0) is 4.79 Å². The maximum absolute atomic E-state index is 12.8. The van der Waals surface area contributed by atoms with E-state index in [2.05, 4.69) is 5.32 Å². The smallest absolute Gasteiger partial charge is 0.253 e. The molecule has 0 bridgehead atoms. The van der Waals surface area contributed by atoms with Crippen molar-refractivity contribution in [2.75, 3.05) is 13.1 Å². The maximum atomic E-state index is 12.8. The molecule has 1 aromatic carbocycles. The van der Waals surface area contributed by atoms with Crippen LogP contribution in [0.3, 0.4) is 0 Å². The first kappa shape index (κ1) is 13.5. The lowest BCUT2D eigenvalue weighted by molar-refractivity contribution is -0.121. The zero-order valence-corrected chi connectivity index (χ0v) is 10.9. The zero-order valence-electron chi connectivity index (χ0n) is 10.9. The summed E-state index contributed by atoms with van der Waals surface area (Å²) in [6.07, 6.45) is 1.21. The summed E-state index contributed by atoms with van der Waals surface area (Å²) in [6, 6.07) is 5.54. The van der Waals surface area contributed by atoms with E-state index in [1.165, 1.54) is 24.3 Å². The van der Waals surface area contributed by atoms with Crippen LogP contribution in [0.4, 0.5) is 4.39 Å². The Morgan fingerprint density at radius 3 is 2.68 bits per heavy atom. The number of hydrogen-bond acceptors (Lipinski definition) is 2. The molecule has 0 spiro atoms. The highest BCUT2D eigenvalue weighted by atomic mass is 19.1. The molecule has 1 heterocycles. The lowest BCUT2D eigenvalue weighted by Crippen LogP contribution is -2.38. The van der Waals surface area contributed by atoms with E-state index in [4.69, 9.17) is 0 Å². The molecule has 1 aromatic rings. The average Bonchev–Trinajstić information content (AvgIpc) is 2.87. The molecule has 2 rings (SSSR count). The molecule has 0 unspecified atom stereocenters. The van der Waals surface area contributed by atoms with Crippen LogP contribution in [0.1, 0.15) is 30.1 Å². The maximum Gasteiger partial charge on any atom is 0.253 e. The Hall–Kier alpha value is -1.91. The Morgan fingerprint density at radius 2 is 2.05 bits per heavy atom. The first-order chi connectivity index (χ1) is 9.10. The van der Waals surface area contributed by atoms with Crippen LogP contribution in [0.25, 0.3) is 0 Å². The third-order valence-electron chi connectivity index (χ3n) is 3.25. The van der Waals surface area contributed by atoms with E-state index >= 15 is 0 Å². The molecule has 0 aromatic heterocycles. The molecule has 5 heteroatoms. The van der Waals surface area contributed by atoms with E-state index in [0.29, 0.717) is 25.1 Å². The second-order valence-corrected chi connectivity index (χ2v) is 4.66. The van der Waals surface area contributed by atoms with Crippen LogP contribution in [0, 0.1) is 5.82 Å². The van der Waals surface area contributed by atoms with Gasteiger partial charge >= 0.3 is 0 Å². The molecule has 19 heavy (non-hydrogen) atoms. The lowest BCUT2D eigenvalue weighted by Gasteiger charge is -2.17. The van der Waals surface area contributed by atoms with Gasteiger partial charge in [-0.2, -0.15) is 0 Å². The van der Waals surface area contributed by atoms with Crippen molar-refractivity contribution < 1.29 is 14.0 Å². The molecule has 4 nitrogen and oxygen atoms in total. The summed E-state index contributed by atoms with van der Waals surface area (Å²) < 4.78 is 12.8. The van der Waals surface area contributed by atoms with Gasteiger partial charge < -0.3 is 10.2 Å². The van der Waals surface area contributed by atoms with Crippen molar-refractivity contribution >= 4 is 11.8 Å². The van der Waals surface area contributed by atoms with Crippen molar-refractivity contribution in [2.24, 2.45) is 0 Å². The number of rotatable bonds is 3. The van der Waals surface area contributed by atoms with Gasteiger partial charge in [0.05, 0.1) is 0 Å². The molecule has 1 atom stereocenters. The molecule has 0 radical (unpaired) electrons. The molecule has 1 aliphatic rings. The molecular weight excluding hydrogens is 247 g/mol. The van der Waals surface area contributed by atoms with E-state index in [1.807, 2.05) is 0 Å². The second-order valence-electron chi connectivity index (χ2n) is 4.66.